The predicted octanol–water partition coefficient (Wildman–Crippen LogP) is 5.51. The molecule has 4 fully saturated rings. The summed E-state index contributed by atoms with van der Waals surface area (Å²) in [6.07, 6.45) is 8.45. The third-order valence-corrected chi connectivity index (χ3v) is 7.67. The Bertz CT molecular complexity index is 871. The summed E-state index contributed by atoms with van der Waals surface area (Å²) in [5.74, 6) is 3.74. The molecular formula is C25H30N2O. The molecule has 4 saturated carbocycles. The van der Waals surface area contributed by atoms with Crippen LogP contribution in [-0.4, -0.2) is 10.9 Å². The molecule has 3 heteroatoms. The fourth-order valence-corrected chi connectivity index (χ4v) is 6.70. The molecule has 2 aromatic rings. The molecule has 0 atom stereocenters. The Morgan fingerprint density at radius 2 is 1.57 bits per heavy atom. The van der Waals surface area contributed by atoms with E-state index in [1.807, 2.05) is 0 Å². The van der Waals surface area contributed by atoms with Gasteiger partial charge < -0.3 is 5.73 Å². The number of pyridine rings is 1. The minimum atomic E-state index is -0.385. The first-order valence-corrected chi connectivity index (χ1v) is 10.9. The van der Waals surface area contributed by atoms with E-state index in [0.29, 0.717) is 29.4 Å². The van der Waals surface area contributed by atoms with Crippen LogP contribution in [0.15, 0.2) is 36.5 Å². The average Bonchev–Trinajstić information content (AvgIpc) is 2.67. The summed E-state index contributed by atoms with van der Waals surface area (Å²) in [5.41, 5.74) is 11.1. The molecule has 0 aliphatic heterocycles. The third kappa shape index (κ3) is 2.87. The number of nitrogens with zero attached hydrogens (tertiary/aromatic N) is 1. The lowest BCUT2D eigenvalue weighted by Gasteiger charge is -2.55. The third-order valence-electron chi connectivity index (χ3n) is 7.67. The van der Waals surface area contributed by atoms with Crippen molar-refractivity contribution in [2.24, 2.45) is 29.4 Å². The Kier molecular flexibility index (Phi) is 4.30. The van der Waals surface area contributed by atoms with Crippen LogP contribution in [0, 0.1) is 23.7 Å². The number of hydrogen-bond acceptors (Lipinski definition) is 2. The molecule has 1 aromatic heterocycles. The Morgan fingerprint density at radius 1 is 0.964 bits per heavy atom. The van der Waals surface area contributed by atoms with Crippen LogP contribution in [0.5, 0.6) is 0 Å². The van der Waals surface area contributed by atoms with E-state index in [4.69, 9.17) is 5.73 Å². The van der Waals surface area contributed by atoms with Crippen LogP contribution in [0.25, 0.3) is 11.1 Å². The van der Waals surface area contributed by atoms with Crippen LogP contribution in [0.1, 0.15) is 79.4 Å². The number of rotatable bonds is 4. The zero-order valence-electron chi connectivity index (χ0n) is 16.9. The zero-order chi connectivity index (χ0) is 19.4. The van der Waals surface area contributed by atoms with Gasteiger partial charge in [-0.2, -0.15) is 0 Å². The van der Waals surface area contributed by atoms with E-state index >= 15 is 0 Å². The summed E-state index contributed by atoms with van der Waals surface area (Å²) in [4.78, 5) is 16.8. The molecule has 4 aliphatic carbocycles. The SMILES string of the molecule is CC(C)c1ccc(-c2ccnc(C(N)=O)c2C2C3CC4CC(C3)CC2C4)cc1. The summed E-state index contributed by atoms with van der Waals surface area (Å²) in [6, 6.07) is 10.9. The molecule has 1 amide bonds. The summed E-state index contributed by atoms with van der Waals surface area (Å²) < 4.78 is 0. The minimum absolute atomic E-state index is 0.385. The van der Waals surface area contributed by atoms with Crippen LogP contribution in [0.3, 0.4) is 0 Å². The lowest BCUT2D eigenvalue weighted by molar-refractivity contribution is -0.00292. The van der Waals surface area contributed by atoms with E-state index in [9.17, 15) is 4.79 Å². The summed E-state index contributed by atoms with van der Waals surface area (Å²) in [5, 5.41) is 0. The first-order chi connectivity index (χ1) is 13.5. The van der Waals surface area contributed by atoms with Crippen molar-refractivity contribution in [3.63, 3.8) is 0 Å². The molecule has 0 radical (unpaired) electrons. The van der Waals surface area contributed by atoms with Gasteiger partial charge in [0.2, 0.25) is 0 Å². The van der Waals surface area contributed by atoms with Gasteiger partial charge in [-0.3, -0.25) is 9.78 Å². The molecule has 28 heavy (non-hydrogen) atoms. The van der Waals surface area contributed by atoms with Crippen LogP contribution < -0.4 is 5.73 Å². The number of aromatic nitrogens is 1. The van der Waals surface area contributed by atoms with Gasteiger partial charge in [-0.25, -0.2) is 0 Å². The Labute approximate surface area is 167 Å². The molecule has 4 bridgehead atoms. The van der Waals surface area contributed by atoms with Crippen molar-refractivity contribution in [1.29, 1.82) is 0 Å². The van der Waals surface area contributed by atoms with Crippen molar-refractivity contribution in [3.05, 3.63) is 53.3 Å². The molecule has 0 spiro atoms. The van der Waals surface area contributed by atoms with Gasteiger partial charge in [0.05, 0.1) is 0 Å². The summed E-state index contributed by atoms with van der Waals surface area (Å²) >= 11 is 0. The average molecular weight is 375 g/mol. The highest BCUT2D eigenvalue weighted by Gasteiger charge is 2.50. The fourth-order valence-electron chi connectivity index (χ4n) is 6.70. The molecular weight excluding hydrogens is 344 g/mol. The molecule has 146 valence electrons. The quantitative estimate of drug-likeness (QED) is 0.767. The Morgan fingerprint density at radius 3 is 2.11 bits per heavy atom. The van der Waals surface area contributed by atoms with Crippen molar-refractivity contribution in [3.8, 4) is 11.1 Å². The highest BCUT2D eigenvalue weighted by Crippen LogP contribution is 2.61. The van der Waals surface area contributed by atoms with Crippen molar-refractivity contribution < 1.29 is 4.79 Å². The fraction of sp³-hybridized carbons (Fsp3) is 0.520. The van der Waals surface area contributed by atoms with Gasteiger partial charge in [-0.1, -0.05) is 38.1 Å². The molecule has 6 rings (SSSR count). The summed E-state index contributed by atoms with van der Waals surface area (Å²) in [7, 11) is 0. The molecule has 1 aromatic carbocycles. The summed E-state index contributed by atoms with van der Waals surface area (Å²) in [6.45, 7) is 4.43. The van der Waals surface area contributed by atoms with E-state index in [-0.39, 0.29) is 5.91 Å². The van der Waals surface area contributed by atoms with Crippen LogP contribution in [0.4, 0.5) is 0 Å². The maximum atomic E-state index is 12.3. The second-order valence-corrected chi connectivity index (χ2v) is 9.72. The maximum Gasteiger partial charge on any atom is 0.267 e. The second-order valence-electron chi connectivity index (χ2n) is 9.72. The van der Waals surface area contributed by atoms with Crippen molar-refractivity contribution >= 4 is 5.91 Å². The number of amides is 1. The van der Waals surface area contributed by atoms with Gasteiger partial charge in [-0.05, 0) is 95.9 Å². The normalized spacial score (nSPS) is 30.8. The van der Waals surface area contributed by atoms with E-state index < -0.39 is 0 Å². The van der Waals surface area contributed by atoms with Gasteiger partial charge in [-0.15, -0.1) is 0 Å². The van der Waals surface area contributed by atoms with Gasteiger partial charge in [0.25, 0.3) is 5.91 Å². The molecule has 0 unspecified atom stereocenters. The van der Waals surface area contributed by atoms with Crippen molar-refractivity contribution in [2.75, 3.05) is 0 Å². The monoisotopic (exact) mass is 374 g/mol. The topological polar surface area (TPSA) is 56.0 Å². The van der Waals surface area contributed by atoms with Crippen LogP contribution >= 0.6 is 0 Å². The van der Waals surface area contributed by atoms with Crippen LogP contribution in [-0.2, 0) is 0 Å². The van der Waals surface area contributed by atoms with Gasteiger partial charge in [0, 0.05) is 6.20 Å². The zero-order valence-corrected chi connectivity index (χ0v) is 16.9. The number of nitrogens with two attached hydrogens (primary N) is 1. The number of hydrogen-bond donors (Lipinski definition) is 1. The molecule has 0 saturated heterocycles. The van der Waals surface area contributed by atoms with Crippen molar-refractivity contribution in [1.82, 2.24) is 4.98 Å². The van der Waals surface area contributed by atoms with Gasteiger partial charge >= 0.3 is 0 Å². The number of benzene rings is 1. The minimum Gasteiger partial charge on any atom is -0.364 e. The molecule has 4 aliphatic rings. The molecule has 3 nitrogen and oxygen atoms in total. The molecule has 2 N–H and O–H groups in total. The smallest absolute Gasteiger partial charge is 0.267 e. The highest BCUT2D eigenvalue weighted by molar-refractivity contribution is 5.94. The van der Waals surface area contributed by atoms with E-state index in [1.165, 1.54) is 43.2 Å². The number of carbonyl (C=O) groups is 1. The number of primary amides is 1. The van der Waals surface area contributed by atoms with Crippen LogP contribution in [0.2, 0.25) is 0 Å². The lowest BCUT2D eigenvalue weighted by Crippen LogP contribution is -2.44. The highest BCUT2D eigenvalue weighted by atomic mass is 16.1. The number of carbonyl (C=O) groups excluding carboxylic acids is 1. The van der Waals surface area contributed by atoms with Gasteiger partial charge in [0.15, 0.2) is 0 Å². The first-order valence-electron chi connectivity index (χ1n) is 10.9. The standard InChI is InChI=1S/C25H30N2O/c1-14(2)17-3-5-18(6-4-17)21-7-8-27-24(25(26)28)23(21)22-19-10-15-9-16(12-19)13-20(22)11-15/h3-8,14-16,19-20,22H,9-13H2,1-2H3,(H2,26,28). The first kappa shape index (κ1) is 17.9. The van der Waals surface area contributed by atoms with E-state index in [2.05, 4.69) is 49.2 Å². The predicted molar refractivity (Wildman–Crippen MR) is 112 cm³/mol. The van der Waals surface area contributed by atoms with Gasteiger partial charge in [0.1, 0.15) is 5.69 Å². The largest absolute Gasteiger partial charge is 0.364 e. The Balaban J connectivity index is 1.63. The Hall–Kier alpha value is -2.16. The van der Waals surface area contributed by atoms with E-state index in [0.717, 1.165) is 23.0 Å². The van der Waals surface area contributed by atoms with E-state index in [1.54, 1.807) is 6.20 Å². The van der Waals surface area contributed by atoms with Crippen molar-refractivity contribution in [2.45, 2.75) is 57.8 Å². The second kappa shape index (κ2) is 6.72. The lowest BCUT2D eigenvalue weighted by atomic mass is 9.50. The maximum absolute atomic E-state index is 12.3. The molecule has 1 heterocycles.